The monoisotopic (exact) mass is 425 g/mol. The number of rotatable bonds is 4. The van der Waals surface area contributed by atoms with Crippen molar-refractivity contribution in [2.75, 3.05) is 0 Å². The number of amidine groups is 1. The first kappa shape index (κ1) is 20.3. The minimum Gasteiger partial charge on any atom is -0.384 e. The topological polar surface area (TPSA) is 110 Å². The highest BCUT2D eigenvalue weighted by molar-refractivity contribution is 6.05. The number of benzene rings is 3. The molecule has 1 heterocycles. The van der Waals surface area contributed by atoms with Crippen LogP contribution >= 0.6 is 0 Å². The molecule has 1 fully saturated rings. The van der Waals surface area contributed by atoms with Gasteiger partial charge in [-0.1, -0.05) is 48.5 Å². The summed E-state index contributed by atoms with van der Waals surface area (Å²) in [6, 6.07) is 22.2. The molecular formula is C26H27N5O. The highest BCUT2D eigenvalue weighted by Gasteiger charge is 2.24. The summed E-state index contributed by atoms with van der Waals surface area (Å²) in [7, 11) is 0. The van der Waals surface area contributed by atoms with Crippen molar-refractivity contribution in [2.24, 2.45) is 11.5 Å². The van der Waals surface area contributed by atoms with Crippen LogP contribution in [0.4, 0.5) is 0 Å². The van der Waals surface area contributed by atoms with Crippen molar-refractivity contribution < 1.29 is 4.79 Å². The smallest absolute Gasteiger partial charge is 0.268 e. The number of aromatic nitrogens is 1. The first-order valence-electron chi connectivity index (χ1n) is 11.1. The molecule has 0 aliphatic heterocycles. The highest BCUT2D eigenvalue weighted by atomic mass is 16.2. The van der Waals surface area contributed by atoms with Crippen LogP contribution in [0.1, 0.15) is 41.7 Å². The fourth-order valence-electron chi connectivity index (χ4n) is 4.72. The summed E-state index contributed by atoms with van der Waals surface area (Å²) in [5.74, 6) is -0.0962. The molecule has 0 unspecified atom stereocenters. The number of hydrogen-bond acceptors (Lipinski definition) is 3. The van der Waals surface area contributed by atoms with E-state index in [1.54, 1.807) is 0 Å². The van der Waals surface area contributed by atoms with E-state index in [9.17, 15) is 4.79 Å². The van der Waals surface area contributed by atoms with Crippen molar-refractivity contribution in [1.82, 2.24) is 9.88 Å². The van der Waals surface area contributed by atoms with Crippen molar-refractivity contribution in [1.29, 1.82) is 5.41 Å². The first-order chi connectivity index (χ1) is 15.5. The zero-order valence-corrected chi connectivity index (χ0v) is 17.8. The third-order valence-electron chi connectivity index (χ3n) is 6.46. The molecule has 1 aliphatic rings. The Morgan fingerprint density at radius 2 is 1.69 bits per heavy atom. The van der Waals surface area contributed by atoms with Gasteiger partial charge in [-0.25, -0.2) is 0 Å². The Morgan fingerprint density at radius 3 is 2.47 bits per heavy atom. The maximum absolute atomic E-state index is 13.5. The van der Waals surface area contributed by atoms with Crippen LogP contribution in [-0.4, -0.2) is 28.4 Å². The second kappa shape index (κ2) is 8.13. The van der Waals surface area contributed by atoms with Crippen LogP contribution in [0, 0.1) is 5.41 Å². The van der Waals surface area contributed by atoms with Gasteiger partial charge in [0.1, 0.15) is 11.5 Å². The normalized spacial score (nSPS) is 18.7. The number of carbonyl (C=O) groups excluding carboxylic acids is 1. The number of nitrogen functional groups attached to an aromatic ring is 1. The summed E-state index contributed by atoms with van der Waals surface area (Å²) >= 11 is 0. The minimum atomic E-state index is -0.0982. The molecule has 6 heteroatoms. The molecule has 1 aromatic heterocycles. The SMILES string of the molecule is N=C(N)c1ccc2cc(C(=O)NC3CCC(N)CC3)n(-c3cccc4ccccc34)c2c1. The van der Waals surface area contributed by atoms with E-state index in [0.717, 1.165) is 53.0 Å². The molecule has 5 rings (SSSR count). The second-order valence-corrected chi connectivity index (χ2v) is 8.64. The Hall–Kier alpha value is -3.64. The number of nitrogens with zero attached hydrogens (tertiary/aromatic N) is 1. The summed E-state index contributed by atoms with van der Waals surface area (Å²) < 4.78 is 1.99. The Balaban J connectivity index is 1.67. The van der Waals surface area contributed by atoms with Crippen LogP contribution in [0.15, 0.2) is 66.7 Å². The molecule has 32 heavy (non-hydrogen) atoms. The van der Waals surface area contributed by atoms with Gasteiger partial charge in [0.25, 0.3) is 5.91 Å². The molecule has 0 atom stereocenters. The molecule has 0 bridgehead atoms. The molecule has 6 nitrogen and oxygen atoms in total. The zero-order chi connectivity index (χ0) is 22.2. The van der Waals surface area contributed by atoms with Gasteiger partial charge in [0.15, 0.2) is 0 Å². The minimum absolute atomic E-state index is 0.00196. The predicted octanol–water partition coefficient (Wildman–Crippen LogP) is 4.07. The van der Waals surface area contributed by atoms with E-state index in [0.29, 0.717) is 11.3 Å². The molecule has 4 aromatic rings. The summed E-state index contributed by atoms with van der Waals surface area (Å²) in [5, 5.41) is 14.2. The number of nitrogens with one attached hydrogen (secondary N) is 2. The fourth-order valence-corrected chi connectivity index (χ4v) is 4.72. The molecule has 0 radical (unpaired) electrons. The van der Waals surface area contributed by atoms with Gasteiger partial charge in [-0.2, -0.15) is 0 Å². The molecule has 1 saturated carbocycles. The van der Waals surface area contributed by atoms with Gasteiger partial charge < -0.3 is 21.4 Å². The van der Waals surface area contributed by atoms with E-state index in [2.05, 4.69) is 23.5 Å². The van der Waals surface area contributed by atoms with Gasteiger partial charge in [-0.05, 0) is 49.3 Å². The number of fused-ring (bicyclic) bond motifs is 2. The van der Waals surface area contributed by atoms with Crippen molar-refractivity contribution >= 4 is 33.4 Å². The van der Waals surface area contributed by atoms with E-state index in [1.165, 1.54) is 0 Å². The highest BCUT2D eigenvalue weighted by Crippen LogP contribution is 2.30. The average molecular weight is 426 g/mol. The predicted molar refractivity (Wildman–Crippen MR) is 129 cm³/mol. The van der Waals surface area contributed by atoms with Crippen molar-refractivity contribution in [3.05, 3.63) is 78.0 Å². The maximum atomic E-state index is 13.5. The summed E-state index contributed by atoms with van der Waals surface area (Å²) in [4.78, 5) is 13.5. The first-order valence-corrected chi connectivity index (χ1v) is 11.1. The van der Waals surface area contributed by atoms with Gasteiger partial charge in [0, 0.05) is 28.4 Å². The maximum Gasteiger partial charge on any atom is 0.268 e. The fraction of sp³-hybridized carbons (Fsp3) is 0.231. The largest absolute Gasteiger partial charge is 0.384 e. The van der Waals surface area contributed by atoms with Crippen LogP contribution in [-0.2, 0) is 0 Å². The van der Waals surface area contributed by atoms with Crippen LogP contribution in [0.25, 0.3) is 27.4 Å². The molecular weight excluding hydrogens is 398 g/mol. The van der Waals surface area contributed by atoms with Crippen molar-refractivity contribution in [2.45, 2.75) is 37.8 Å². The van der Waals surface area contributed by atoms with Gasteiger partial charge in [0.2, 0.25) is 0 Å². The lowest BCUT2D eigenvalue weighted by molar-refractivity contribution is 0.0919. The second-order valence-electron chi connectivity index (χ2n) is 8.64. The molecule has 1 amide bonds. The van der Waals surface area contributed by atoms with Gasteiger partial charge in [-0.15, -0.1) is 0 Å². The van der Waals surface area contributed by atoms with E-state index in [4.69, 9.17) is 16.9 Å². The number of nitrogens with two attached hydrogens (primary N) is 2. The molecule has 3 aromatic carbocycles. The lowest BCUT2D eigenvalue weighted by Crippen LogP contribution is -2.41. The van der Waals surface area contributed by atoms with Crippen LogP contribution < -0.4 is 16.8 Å². The van der Waals surface area contributed by atoms with E-state index in [1.807, 2.05) is 53.1 Å². The lowest BCUT2D eigenvalue weighted by atomic mass is 9.92. The number of carbonyl (C=O) groups is 1. The van der Waals surface area contributed by atoms with Crippen LogP contribution in [0.5, 0.6) is 0 Å². The Morgan fingerprint density at radius 1 is 0.938 bits per heavy atom. The van der Waals surface area contributed by atoms with Gasteiger partial charge in [0.05, 0.1) is 11.2 Å². The Bertz CT molecular complexity index is 1330. The van der Waals surface area contributed by atoms with Gasteiger partial charge in [-0.3, -0.25) is 10.2 Å². The van der Waals surface area contributed by atoms with E-state index in [-0.39, 0.29) is 23.8 Å². The zero-order valence-electron chi connectivity index (χ0n) is 17.8. The van der Waals surface area contributed by atoms with Crippen molar-refractivity contribution in [3.8, 4) is 5.69 Å². The number of hydrogen-bond donors (Lipinski definition) is 4. The molecule has 162 valence electrons. The lowest BCUT2D eigenvalue weighted by Gasteiger charge is -2.27. The third kappa shape index (κ3) is 3.63. The standard InChI is InChI=1S/C26H27N5O/c27-19-10-12-20(13-11-19)30-26(32)24-14-17-8-9-18(25(28)29)15-23(17)31(24)22-7-3-5-16-4-1-2-6-21(16)22/h1-9,14-15,19-20H,10-13,27H2,(H3,28,29)(H,30,32). The van der Waals surface area contributed by atoms with E-state index < -0.39 is 0 Å². The summed E-state index contributed by atoms with van der Waals surface area (Å²) in [6.07, 6.45) is 3.66. The average Bonchev–Trinajstić information content (AvgIpc) is 3.19. The van der Waals surface area contributed by atoms with Crippen molar-refractivity contribution in [3.63, 3.8) is 0 Å². The molecule has 6 N–H and O–H groups in total. The molecule has 0 saturated heterocycles. The quantitative estimate of drug-likeness (QED) is 0.292. The third-order valence-corrected chi connectivity index (χ3v) is 6.46. The Kier molecular flexibility index (Phi) is 5.15. The number of amides is 1. The summed E-state index contributed by atoms with van der Waals surface area (Å²) in [5.41, 5.74) is 14.8. The molecule has 1 aliphatic carbocycles. The molecule has 0 spiro atoms. The van der Waals surface area contributed by atoms with Gasteiger partial charge >= 0.3 is 0 Å². The van der Waals surface area contributed by atoms with E-state index >= 15 is 0 Å². The Labute approximate surface area is 186 Å². The summed E-state index contributed by atoms with van der Waals surface area (Å²) in [6.45, 7) is 0. The van der Waals surface area contributed by atoms with Crippen LogP contribution in [0.2, 0.25) is 0 Å². The van der Waals surface area contributed by atoms with Crippen LogP contribution in [0.3, 0.4) is 0 Å².